The van der Waals surface area contributed by atoms with Gasteiger partial charge in [-0.2, -0.15) is 4.98 Å². The Morgan fingerprint density at radius 2 is 1.95 bits per heavy atom. The Bertz CT molecular complexity index is 672. The van der Waals surface area contributed by atoms with Crippen LogP contribution in [-0.4, -0.2) is 43.5 Å². The molecule has 6 nitrogen and oxygen atoms in total. The number of carbonyl (C=O) groups excluding carboxylic acids is 1. The van der Waals surface area contributed by atoms with Crippen molar-refractivity contribution in [1.29, 1.82) is 0 Å². The molecule has 0 unspecified atom stereocenters. The van der Waals surface area contributed by atoms with E-state index in [0.717, 1.165) is 24.2 Å². The SMILES string of the molecule is Cc1cc(C)n2nc(C(=O)N(C)C3CCCCC3)nc2n1. The second kappa shape index (κ2) is 5.42. The van der Waals surface area contributed by atoms with E-state index in [0.29, 0.717) is 11.8 Å². The maximum atomic E-state index is 12.6. The Balaban J connectivity index is 1.88. The molecule has 2 aromatic rings. The number of aromatic nitrogens is 4. The van der Waals surface area contributed by atoms with Crippen molar-refractivity contribution in [2.45, 2.75) is 52.0 Å². The van der Waals surface area contributed by atoms with Crippen LogP contribution in [-0.2, 0) is 0 Å². The van der Waals surface area contributed by atoms with Crippen molar-refractivity contribution in [3.8, 4) is 0 Å². The number of aryl methyl sites for hydroxylation is 2. The van der Waals surface area contributed by atoms with E-state index in [1.165, 1.54) is 19.3 Å². The average Bonchev–Trinajstić information content (AvgIpc) is 2.91. The first-order chi connectivity index (χ1) is 10.1. The third-order valence-corrected chi connectivity index (χ3v) is 4.25. The van der Waals surface area contributed by atoms with Gasteiger partial charge in [-0.1, -0.05) is 19.3 Å². The van der Waals surface area contributed by atoms with E-state index in [4.69, 9.17) is 0 Å². The number of rotatable bonds is 2. The number of amides is 1. The summed E-state index contributed by atoms with van der Waals surface area (Å²) in [4.78, 5) is 23.0. The maximum absolute atomic E-state index is 12.6. The molecule has 1 amide bonds. The van der Waals surface area contributed by atoms with Crippen LogP contribution in [0.2, 0.25) is 0 Å². The molecule has 1 aliphatic carbocycles. The first-order valence-corrected chi connectivity index (χ1v) is 7.54. The molecule has 6 heteroatoms. The van der Waals surface area contributed by atoms with Crippen molar-refractivity contribution >= 4 is 11.7 Å². The van der Waals surface area contributed by atoms with Gasteiger partial charge in [-0.25, -0.2) is 9.50 Å². The highest BCUT2D eigenvalue weighted by Crippen LogP contribution is 2.22. The van der Waals surface area contributed by atoms with Crippen molar-refractivity contribution in [2.24, 2.45) is 0 Å². The minimum Gasteiger partial charge on any atom is -0.336 e. The molecule has 0 radical (unpaired) electrons. The largest absolute Gasteiger partial charge is 0.336 e. The molecule has 1 fully saturated rings. The molecule has 21 heavy (non-hydrogen) atoms. The summed E-state index contributed by atoms with van der Waals surface area (Å²) in [6, 6.07) is 2.24. The van der Waals surface area contributed by atoms with Crippen LogP contribution in [0.15, 0.2) is 6.07 Å². The van der Waals surface area contributed by atoms with Crippen molar-refractivity contribution in [1.82, 2.24) is 24.5 Å². The zero-order chi connectivity index (χ0) is 15.0. The number of nitrogens with zero attached hydrogens (tertiary/aromatic N) is 5. The highest BCUT2D eigenvalue weighted by atomic mass is 16.2. The van der Waals surface area contributed by atoms with E-state index in [1.54, 1.807) is 9.42 Å². The highest BCUT2D eigenvalue weighted by Gasteiger charge is 2.26. The van der Waals surface area contributed by atoms with Crippen LogP contribution in [0.4, 0.5) is 0 Å². The lowest BCUT2D eigenvalue weighted by atomic mass is 9.94. The molecule has 1 aliphatic rings. The van der Waals surface area contributed by atoms with E-state index in [1.807, 2.05) is 27.0 Å². The van der Waals surface area contributed by atoms with Gasteiger partial charge in [-0.15, -0.1) is 5.10 Å². The lowest BCUT2D eigenvalue weighted by molar-refractivity contribution is 0.0684. The van der Waals surface area contributed by atoms with Gasteiger partial charge in [0.2, 0.25) is 5.82 Å². The Morgan fingerprint density at radius 1 is 1.24 bits per heavy atom. The molecule has 0 spiro atoms. The van der Waals surface area contributed by atoms with Crippen LogP contribution >= 0.6 is 0 Å². The van der Waals surface area contributed by atoms with Crippen LogP contribution in [0.3, 0.4) is 0 Å². The Morgan fingerprint density at radius 3 is 2.67 bits per heavy atom. The van der Waals surface area contributed by atoms with Crippen LogP contribution < -0.4 is 0 Å². The van der Waals surface area contributed by atoms with Crippen LogP contribution in [0.25, 0.3) is 5.78 Å². The van der Waals surface area contributed by atoms with E-state index >= 15 is 0 Å². The summed E-state index contributed by atoms with van der Waals surface area (Å²) in [6.45, 7) is 3.85. The third kappa shape index (κ3) is 2.62. The van der Waals surface area contributed by atoms with Gasteiger partial charge in [0.15, 0.2) is 0 Å². The fourth-order valence-electron chi connectivity index (χ4n) is 3.05. The van der Waals surface area contributed by atoms with E-state index < -0.39 is 0 Å². The molecule has 0 bridgehead atoms. The van der Waals surface area contributed by atoms with E-state index in [-0.39, 0.29) is 11.7 Å². The molecule has 0 N–H and O–H groups in total. The molecule has 0 atom stereocenters. The average molecular weight is 287 g/mol. The van der Waals surface area contributed by atoms with Gasteiger partial charge in [0, 0.05) is 24.5 Å². The molecule has 0 aromatic carbocycles. The summed E-state index contributed by atoms with van der Waals surface area (Å²) in [6.07, 6.45) is 5.81. The summed E-state index contributed by atoms with van der Waals surface area (Å²) in [5.74, 6) is 0.627. The first kappa shape index (κ1) is 14.0. The van der Waals surface area contributed by atoms with Crippen LogP contribution in [0.5, 0.6) is 0 Å². The monoisotopic (exact) mass is 287 g/mol. The minimum absolute atomic E-state index is 0.107. The molecule has 0 aliphatic heterocycles. The standard InChI is InChI=1S/C15H21N5O/c1-10-9-11(2)20-15(16-10)17-13(18-20)14(21)19(3)12-7-5-4-6-8-12/h9,12H,4-8H2,1-3H3. The van der Waals surface area contributed by atoms with Gasteiger partial charge in [-0.3, -0.25) is 4.79 Å². The van der Waals surface area contributed by atoms with E-state index in [2.05, 4.69) is 15.1 Å². The molecule has 2 aromatic heterocycles. The summed E-state index contributed by atoms with van der Waals surface area (Å²) >= 11 is 0. The third-order valence-electron chi connectivity index (χ3n) is 4.25. The number of hydrogen-bond acceptors (Lipinski definition) is 4. The zero-order valence-corrected chi connectivity index (χ0v) is 12.8. The lowest BCUT2D eigenvalue weighted by Crippen LogP contribution is -2.38. The quantitative estimate of drug-likeness (QED) is 0.849. The molecular weight excluding hydrogens is 266 g/mol. The number of fused-ring (bicyclic) bond motifs is 1. The van der Waals surface area contributed by atoms with Crippen LogP contribution in [0.1, 0.15) is 54.1 Å². The fraction of sp³-hybridized carbons (Fsp3) is 0.600. The minimum atomic E-state index is -0.107. The van der Waals surface area contributed by atoms with Crippen molar-refractivity contribution in [2.75, 3.05) is 7.05 Å². The van der Waals surface area contributed by atoms with Gasteiger partial charge in [0.25, 0.3) is 11.7 Å². The van der Waals surface area contributed by atoms with Crippen molar-refractivity contribution in [3.05, 3.63) is 23.3 Å². The predicted molar refractivity (Wildman–Crippen MR) is 79.2 cm³/mol. The maximum Gasteiger partial charge on any atom is 0.293 e. The molecule has 0 saturated heterocycles. The van der Waals surface area contributed by atoms with Gasteiger partial charge < -0.3 is 4.90 Å². The summed E-state index contributed by atoms with van der Waals surface area (Å²) in [5.41, 5.74) is 1.82. The topological polar surface area (TPSA) is 63.4 Å². The predicted octanol–water partition coefficient (Wildman–Crippen LogP) is 2.15. The second-order valence-electron chi connectivity index (χ2n) is 5.89. The van der Waals surface area contributed by atoms with Crippen LogP contribution in [0, 0.1) is 13.8 Å². The summed E-state index contributed by atoms with van der Waals surface area (Å²) < 4.78 is 1.63. The first-order valence-electron chi connectivity index (χ1n) is 7.54. The Hall–Kier alpha value is -1.98. The number of hydrogen-bond donors (Lipinski definition) is 0. The zero-order valence-electron chi connectivity index (χ0n) is 12.8. The van der Waals surface area contributed by atoms with E-state index in [9.17, 15) is 4.79 Å². The van der Waals surface area contributed by atoms with Gasteiger partial charge >= 0.3 is 0 Å². The molecule has 2 heterocycles. The van der Waals surface area contributed by atoms with Gasteiger partial charge in [0.1, 0.15) is 0 Å². The van der Waals surface area contributed by atoms with Crippen molar-refractivity contribution in [3.63, 3.8) is 0 Å². The fourth-order valence-corrected chi connectivity index (χ4v) is 3.05. The highest BCUT2D eigenvalue weighted by molar-refractivity contribution is 5.90. The van der Waals surface area contributed by atoms with Gasteiger partial charge in [-0.05, 0) is 32.8 Å². The summed E-state index contributed by atoms with van der Waals surface area (Å²) in [7, 11) is 1.86. The normalized spacial score (nSPS) is 16.3. The summed E-state index contributed by atoms with van der Waals surface area (Å²) in [5, 5.41) is 4.32. The molecule has 1 saturated carbocycles. The molecule has 112 valence electrons. The molecular formula is C15H21N5O. The van der Waals surface area contributed by atoms with Gasteiger partial charge in [0.05, 0.1) is 0 Å². The smallest absolute Gasteiger partial charge is 0.293 e. The second-order valence-corrected chi connectivity index (χ2v) is 5.89. The Labute approximate surface area is 124 Å². The number of carbonyl (C=O) groups is 1. The van der Waals surface area contributed by atoms with Crippen molar-refractivity contribution < 1.29 is 4.79 Å². The Kier molecular flexibility index (Phi) is 3.61. The molecule has 3 rings (SSSR count). The lowest BCUT2D eigenvalue weighted by Gasteiger charge is -2.30.